The summed E-state index contributed by atoms with van der Waals surface area (Å²) >= 11 is 0. The maximum absolute atomic E-state index is 12.5. The first kappa shape index (κ1) is 16.6. The third-order valence-electron chi connectivity index (χ3n) is 5.95. The number of carbonyl (C=O) groups is 2. The Kier molecular flexibility index (Phi) is 5.12. The Labute approximate surface area is 139 Å². The van der Waals surface area contributed by atoms with Gasteiger partial charge >= 0.3 is 6.03 Å². The Morgan fingerprint density at radius 1 is 0.870 bits per heavy atom. The van der Waals surface area contributed by atoms with E-state index in [-0.39, 0.29) is 11.9 Å². The summed E-state index contributed by atoms with van der Waals surface area (Å²) in [5.41, 5.74) is 0. The maximum atomic E-state index is 12.5. The van der Waals surface area contributed by atoms with Crippen molar-refractivity contribution in [3.63, 3.8) is 0 Å². The van der Waals surface area contributed by atoms with Gasteiger partial charge in [0, 0.05) is 38.1 Å². The topological polar surface area (TPSA) is 52.7 Å². The van der Waals surface area contributed by atoms with Gasteiger partial charge in [0.2, 0.25) is 5.91 Å². The van der Waals surface area contributed by atoms with Gasteiger partial charge in [-0.3, -0.25) is 4.79 Å². The molecule has 0 aromatic heterocycles. The van der Waals surface area contributed by atoms with E-state index in [0.29, 0.717) is 31.0 Å². The summed E-state index contributed by atoms with van der Waals surface area (Å²) in [4.78, 5) is 28.6. The van der Waals surface area contributed by atoms with Crippen molar-refractivity contribution in [3.05, 3.63) is 0 Å². The van der Waals surface area contributed by atoms with Crippen LogP contribution in [0, 0.1) is 17.8 Å². The lowest BCUT2D eigenvalue weighted by atomic mass is 9.79. The van der Waals surface area contributed by atoms with E-state index in [1.165, 1.54) is 6.42 Å². The number of nitrogens with one attached hydrogen (secondary N) is 1. The summed E-state index contributed by atoms with van der Waals surface area (Å²) in [6.45, 7) is 7.53. The van der Waals surface area contributed by atoms with E-state index in [1.54, 1.807) is 0 Å². The number of hydrogen-bond donors (Lipinski definition) is 1. The average molecular weight is 321 g/mol. The molecular formula is C18H31N3O2. The molecule has 0 spiro atoms. The van der Waals surface area contributed by atoms with E-state index in [0.717, 1.165) is 51.1 Å². The Morgan fingerprint density at radius 3 is 2.26 bits per heavy atom. The third kappa shape index (κ3) is 4.18. The van der Waals surface area contributed by atoms with E-state index < -0.39 is 0 Å². The molecule has 1 N–H and O–H groups in total. The maximum Gasteiger partial charge on any atom is 0.317 e. The molecule has 3 atom stereocenters. The molecule has 5 nitrogen and oxygen atoms in total. The van der Waals surface area contributed by atoms with Crippen LogP contribution in [0.2, 0.25) is 0 Å². The molecule has 3 fully saturated rings. The van der Waals surface area contributed by atoms with Crippen molar-refractivity contribution in [3.8, 4) is 0 Å². The van der Waals surface area contributed by atoms with Crippen molar-refractivity contribution >= 4 is 11.9 Å². The highest BCUT2D eigenvalue weighted by molar-refractivity contribution is 5.81. The molecule has 0 bridgehead atoms. The van der Waals surface area contributed by atoms with Crippen LogP contribution < -0.4 is 5.32 Å². The van der Waals surface area contributed by atoms with Gasteiger partial charge in [-0.2, -0.15) is 0 Å². The standard InChI is InChI=1S/C18H31N3O2/c1-13-4-7-16(12-14(13)2)19-18(23)21-9-3-8-20(10-11-21)17(22)15-5-6-15/h13-16H,3-12H2,1-2H3,(H,19,23)/t13-,14+,16+/m1/s1. The van der Waals surface area contributed by atoms with Crippen molar-refractivity contribution in [2.24, 2.45) is 17.8 Å². The Bertz CT molecular complexity index is 450. The number of urea groups is 1. The fourth-order valence-electron chi connectivity index (χ4n) is 3.87. The highest BCUT2D eigenvalue weighted by atomic mass is 16.2. The zero-order valence-electron chi connectivity index (χ0n) is 14.6. The highest BCUT2D eigenvalue weighted by Crippen LogP contribution is 2.31. The Morgan fingerprint density at radius 2 is 1.57 bits per heavy atom. The van der Waals surface area contributed by atoms with E-state index in [4.69, 9.17) is 0 Å². The fraction of sp³-hybridized carbons (Fsp3) is 0.889. The quantitative estimate of drug-likeness (QED) is 0.849. The van der Waals surface area contributed by atoms with Gasteiger partial charge in [0.1, 0.15) is 0 Å². The molecule has 2 saturated carbocycles. The van der Waals surface area contributed by atoms with Gasteiger partial charge in [-0.15, -0.1) is 0 Å². The average Bonchev–Trinajstić information content (AvgIpc) is 3.36. The lowest BCUT2D eigenvalue weighted by molar-refractivity contribution is -0.132. The molecule has 3 amide bonds. The summed E-state index contributed by atoms with van der Waals surface area (Å²) in [5, 5.41) is 3.23. The number of amides is 3. The van der Waals surface area contributed by atoms with Crippen LogP contribution in [0.5, 0.6) is 0 Å². The van der Waals surface area contributed by atoms with Crippen LogP contribution in [0.3, 0.4) is 0 Å². The zero-order chi connectivity index (χ0) is 16.4. The molecule has 1 saturated heterocycles. The normalized spacial score (nSPS) is 32.3. The molecule has 0 aromatic carbocycles. The summed E-state index contributed by atoms with van der Waals surface area (Å²) in [6, 6.07) is 0.388. The largest absolute Gasteiger partial charge is 0.341 e. The molecule has 0 aromatic rings. The summed E-state index contributed by atoms with van der Waals surface area (Å²) in [6.07, 6.45) is 6.39. The molecular weight excluding hydrogens is 290 g/mol. The van der Waals surface area contributed by atoms with Crippen molar-refractivity contribution < 1.29 is 9.59 Å². The second-order valence-corrected chi connectivity index (χ2v) is 7.85. The van der Waals surface area contributed by atoms with Gasteiger partial charge in [-0.05, 0) is 50.4 Å². The number of nitrogens with zero attached hydrogens (tertiary/aromatic N) is 2. The third-order valence-corrected chi connectivity index (χ3v) is 5.95. The van der Waals surface area contributed by atoms with Crippen LogP contribution in [0.4, 0.5) is 4.79 Å². The van der Waals surface area contributed by atoms with Crippen LogP contribution in [0.25, 0.3) is 0 Å². The molecule has 2 aliphatic carbocycles. The van der Waals surface area contributed by atoms with Crippen LogP contribution in [0.1, 0.15) is 52.4 Å². The fourth-order valence-corrected chi connectivity index (χ4v) is 3.87. The predicted molar refractivity (Wildman–Crippen MR) is 90.0 cm³/mol. The van der Waals surface area contributed by atoms with E-state index >= 15 is 0 Å². The lowest BCUT2D eigenvalue weighted by Crippen LogP contribution is -2.48. The van der Waals surface area contributed by atoms with Gasteiger partial charge < -0.3 is 15.1 Å². The molecule has 0 radical (unpaired) electrons. The zero-order valence-corrected chi connectivity index (χ0v) is 14.6. The summed E-state index contributed by atoms with van der Waals surface area (Å²) in [5.74, 6) is 2.04. The molecule has 0 unspecified atom stereocenters. The molecule has 1 heterocycles. The first-order valence-corrected chi connectivity index (χ1v) is 9.39. The van der Waals surface area contributed by atoms with Crippen LogP contribution in [-0.2, 0) is 4.79 Å². The van der Waals surface area contributed by atoms with Crippen LogP contribution in [-0.4, -0.2) is 54.0 Å². The van der Waals surface area contributed by atoms with E-state index in [2.05, 4.69) is 19.2 Å². The monoisotopic (exact) mass is 321 g/mol. The number of rotatable bonds is 2. The molecule has 3 aliphatic rings. The summed E-state index contributed by atoms with van der Waals surface area (Å²) in [7, 11) is 0. The first-order chi connectivity index (χ1) is 11.0. The number of hydrogen-bond acceptors (Lipinski definition) is 2. The minimum Gasteiger partial charge on any atom is -0.341 e. The molecule has 1 aliphatic heterocycles. The van der Waals surface area contributed by atoms with Crippen LogP contribution in [0.15, 0.2) is 0 Å². The Hall–Kier alpha value is -1.26. The van der Waals surface area contributed by atoms with Gasteiger partial charge in [0.25, 0.3) is 0 Å². The second-order valence-electron chi connectivity index (χ2n) is 7.85. The molecule has 23 heavy (non-hydrogen) atoms. The minimum absolute atomic E-state index is 0.0671. The van der Waals surface area contributed by atoms with E-state index in [1.807, 2.05) is 9.80 Å². The van der Waals surface area contributed by atoms with Crippen molar-refractivity contribution in [2.75, 3.05) is 26.2 Å². The predicted octanol–water partition coefficient (Wildman–Crippen LogP) is 2.47. The summed E-state index contributed by atoms with van der Waals surface area (Å²) < 4.78 is 0. The second kappa shape index (κ2) is 7.10. The molecule has 3 rings (SSSR count). The molecule has 130 valence electrons. The lowest BCUT2D eigenvalue weighted by Gasteiger charge is -2.34. The number of carbonyl (C=O) groups excluding carboxylic acids is 2. The van der Waals surface area contributed by atoms with Gasteiger partial charge in [0.15, 0.2) is 0 Å². The van der Waals surface area contributed by atoms with Crippen molar-refractivity contribution in [2.45, 2.75) is 58.4 Å². The van der Waals surface area contributed by atoms with Crippen LogP contribution >= 0.6 is 0 Å². The van der Waals surface area contributed by atoms with Gasteiger partial charge in [-0.25, -0.2) is 4.79 Å². The first-order valence-electron chi connectivity index (χ1n) is 9.39. The van der Waals surface area contributed by atoms with Crippen molar-refractivity contribution in [1.82, 2.24) is 15.1 Å². The minimum atomic E-state index is 0.0671. The van der Waals surface area contributed by atoms with Gasteiger partial charge in [0.05, 0.1) is 0 Å². The Balaban J connectivity index is 1.47. The highest BCUT2D eigenvalue weighted by Gasteiger charge is 2.34. The van der Waals surface area contributed by atoms with E-state index in [9.17, 15) is 9.59 Å². The van der Waals surface area contributed by atoms with Gasteiger partial charge in [-0.1, -0.05) is 13.8 Å². The SMILES string of the molecule is C[C@@H]1CC[C@H](NC(=O)N2CCCN(C(=O)C3CC3)CC2)C[C@@H]1C. The smallest absolute Gasteiger partial charge is 0.317 e. The molecule has 5 heteroatoms. The van der Waals surface area contributed by atoms with Crippen molar-refractivity contribution in [1.29, 1.82) is 0 Å².